The molecule has 1 unspecified atom stereocenters. The second-order valence-corrected chi connectivity index (χ2v) is 3.53. The van der Waals surface area contributed by atoms with E-state index in [0.29, 0.717) is 5.92 Å². The van der Waals surface area contributed by atoms with E-state index in [0.717, 1.165) is 24.7 Å². The van der Waals surface area contributed by atoms with Crippen molar-refractivity contribution in [3.8, 4) is 0 Å². The number of aryl methyl sites for hydroxylation is 1. The van der Waals surface area contributed by atoms with Gasteiger partial charge in [-0.3, -0.25) is 0 Å². The molecule has 0 radical (unpaired) electrons. The number of anilines is 1. The van der Waals surface area contributed by atoms with E-state index in [1.54, 1.807) is 6.20 Å². The smallest absolute Gasteiger partial charge is 0.129 e. The fraction of sp³-hybridized carbons (Fsp3) is 0.600. The fourth-order valence-electron chi connectivity index (χ4n) is 1.25. The lowest BCUT2D eigenvalue weighted by Crippen LogP contribution is -2.23. The summed E-state index contributed by atoms with van der Waals surface area (Å²) in [6.07, 6.45) is 1.77. The van der Waals surface area contributed by atoms with Crippen molar-refractivity contribution in [1.82, 2.24) is 15.3 Å². The zero-order valence-electron chi connectivity index (χ0n) is 9.04. The Morgan fingerprint density at radius 1 is 1.43 bits per heavy atom. The number of hydrogen-bond donors (Lipinski definition) is 2. The normalized spacial score (nSPS) is 12.5. The van der Waals surface area contributed by atoms with Gasteiger partial charge in [-0.1, -0.05) is 6.92 Å². The Morgan fingerprint density at radius 2 is 2.21 bits per heavy atom. The van der Waals surface area contributed by atoms with Crippen LogP contribution in [0.5, 0.6) is 0 Å². The first-order valence-corrected chi connectivity index (χ1v) is 4.90. The highest BCUT2D eigenvalue weighted by atomic mass is 15.0. The van der Waals surface area contributed by atoms with Gasteiger partial charge in [-0.05, 0) is 32.5 Å². The first kappa shape index (κ1) is 10.9. The van der Waals surface area contributed by atoms with Gasteiger partial charge in [-0.25, -0.2) is 9.97 Å². The molecule has 4 nitrogen and oxygen atoms in total. The largest absolute Gasteiger partial charge is 0.370 e. The average molecular weight is 194 g/mol. The van der Waals surface area contributed by atoms with Gasteiger partial charge in [0.05, 0.1) is 0 Å². The van der Waals surface area contributed by atoms with Gasteiger partial charge >= 0.3 is 0 Å². The van der Waals surface area contributed by atoms with E-state index in [-0.39, 0.29) is 0 Å². The molecule has 0 bridgehead atoms. The Labute approximate surface area is 85.2 Å². The van der Waals surface area contributed by atoms with Crippen molar-refractivity contribution in [2.75, 3.05) is 25.5 Å². The van der Waals surface area contributed by atoms with Crippen LogP contribution in [0.4, 0.5) is 5.82 Å². The number of nitrogens with one attached hydrogen (secondary N) is 2. The fourth-order valence-corrected chi connectivity index (χ4v) is 1.25. The van der Waals surface area contributed by atoms with Crippen molar-refractivity contribution in [3.63, 3.8) is 0 Å². The Kier molecular flexibility index (Phi) is 4.32. The summed E-state index contributed by atoms with van der Waals surface area (Å²) >= 11 is 0. The topological polar surface area (TPSA) is 49.8 Å². The molecule has 78 valence electrons. The molecule has 1 atom stereocenters. The minimum absolute atomic E-state index is 0.593. The summed E-state index contributed by atoms with van der Waals surface area (Å²) in [5.41, 5.74) is 0. The molecule has 0 saturated heterocycles. The van der Waals surface area contributed by atoms with Crippen molar-refractivity contribution in [2.24, 2.45) is 5.92 Å². The van der Waals surface area contributed by atoms with Gasteiger partial charge in [-0.2, -0.15) is 0 Å². The quantitative estimate of drug-likeness (QED) is 0.735. The van der Waals surface area contributed by atoms with E-state index in [1.165, 1.54) is 0 Å². The maximum absolute atomic E-state index is 4.26. The lowest BCUT2D eigenvalue weighted by atomic mass is 10.2. The molecule has 0 aliphatic carbocycles. The highest BCUT2D eigenvalue weighted by Crippen LogP contribution is 2.02. The monoisotopic (exact) mass is 194 g/mol. The number of nitrogens with zero attached hydrogens (tertiary/aromatic N) is 2. The first-order valence-electron chi connectivity index (χ1n) is 4.90. The Hall–Kier alpha value is -1.16. The van der Waals surface area contributed by atoms with E-state index in [4.69, 9.17) is 0 Å². The van der Waals surface area contributed by atoms with Crippen LogP contribution in [0.2, 0.25) is 0 Å². The zero-order chi connectivity index (χ0) is 10.4. The summed E-state index contributed by atoms with van der Waals surface area (Å²) in [6.45, 7) is 6.02. The first-order chi connectivity index (χ1) is 6.72. The predicted octanol–water partition coefficient (Wildman–Crippen LogP) is 1.05. The molecular formula is C10H18N4. The van der Waals surface area contributed by atoms with Crippen LogP contribution in [0.25, 0.3) is 0 Å². The van der Waals surface area contributed by atoms with Gasteiger partial charge in [0, 0.05) is 12.7 Å². The molecule has 1 heterocycles. The van der Waals surface area contributed by atoms with Gasteiger partial charge in [0.15, 0.2) is 0 Å². The summed E-state index contributed by atoms with van der Waals surface area (Å²) in [5.74, 6) is 2.30. The molecule has 2 N–H and O–H groups in total. The zero-order valence-corrected chi connectivity index (χ0v) is 9.04. The molecule has 1 aromatic heterocycles. The second-order valence-electron chi connectivity index (χ2n) is 3.53. The molecule has 0 amide bonds. The molecule has 0 spiro atoms. The van der Waals surface area contributed by atoms with Crippen LogP contribution < -0.4 is 10.6 Å². The average Bonchev–Trinajstić information content (AvgIpc) is 2.15. The minimum Gasteiger partial charge on any atom is -0.370 e. The van der Waals surface area contributed by atoms with Gasteiger partial charge in [-0.15, -0.1) is 0 Å². The molecule has 14 heavy (non-hydrogen) atoms. The molecule has 0 saturated carbocycles. The van der Waals surface area contributed by atoms with Gasteiger partial charge in [0.25, 0.3) is 0 Å². The predicted molar refractivity (Wildman–Crippen MR) is 58.3 cm³/mol. The summed E-state index contributed by atoms with van der Waals surface area (Å²) in [6, 6.07) is 1.89. The third-order valence-electron chi connectivity index (χ3n) is 1.96. The molecule has 0 fully saturated rings. The van der Waals surface area contributed by atoms with Gasteiger partial charge < -0.3 is 10.6 Å². The van der Waals surface area contributed by atoms with Crippen molar-refractivity contribution in [2.45, 2.75) is 13.8 Å². The van der Waals surface area contributed by atoms with Crippen LogP contribution in [-0.2, 0) is 0 Å². The van der Waals surface area contributed by atoms with E-state index in [1.807, 2.05) is 20.0 Å². The summed E-state index contributed by atoms with van der Waals surface area (Å²) in [5, 5.41) is 6.42. The van der Waals surface area contributed by atoms with Crippen LogP contribution in [0.1, 0.15) is 12.7 Å². The Morgan fingerprint density at radius 3 is 2.86 bits per heavy atom. The van der Waals surface area contributed by atoms with Crippen LogP contribution in [0.3, 0.4) is 0 Å². The van der Waals surface area contributed by atoms with E-state index in [2.05, 4.69) is 27.5 Å². The molecule has 1 aromatic rings. The SMILES string of the molecule is CNCC(C)CNc1ccnc(C)n1. The Balaban J connectivity index is 2.37. The van der Waals surface area contributed by atoms with Crippen LogP contribution in [-0.4, -0.2) is 30.1 Å². The van der Waals surface area contributed by atoms with Crippen molar-refractivity contribution in [1.29, 1.82) is 0 Å². The van der Waals surface area contributed by atoms with Crippen LogP contribution >= 0.6 is 0 Å². The third kappa shape index (κ3) is 3.70. The molecule has 0 aliphatic heterocycles. The maximum atomic E-state index is 4.26. The van der Waals surface area contributed by atoms with Crippen LogP contribution in [0, 0.1) is 12.8 Å². The highest BCUT2D eigenvalue weighted by Gasteiger charge is 2.00. The maximum Gasteiger partial charge on any atom is 0.129 e. The van der Waals surface area contributed by atoms with Crippen molar-refractivity contribution in [3.05, 3.63) is 18.1 Å². The minimum atomic E-state index is 0.593. The standard InChI is InChI=1S/C10H18N4/c1-8(6-11-3)7-13-10-4-5-12-9(2)14-10/h4-5,8,11H,6-7H2,1-3H3,(H,12,13,14). The molecule has 0 aliphatic rings. The molecule has 4 heteroatoms. The van der Waals surface area contributed by atoms with Gasteiger partial charge in [0.1, 0.15) is 11.6 Å². The van der Waals surface area contributed by atoms with E-state index < -0.39 is 0 Å². The van der Waals surface area contributed by atoms with Crippen molar-refractivity contribution < 1.29 is 0 Å². The number of rotatable bonds is 5. The lowest BCUT2D eigenvalue weighted by molar-refractivity contribution is 0.568. The highest BCUT2D eigenvalue weighted by molar-refractivity contribution is 5.32. The van der Waals surface area contributed by atoms with Crippen molar-refractivity contribution >= 4 is 5.82 Å². The van der Waals surface area contributed by atoms with E-state index in [9.17, 15) is 0 Å². The second kappa shape index (κ2) is 5.54. The molecular weight excluding hydrogens is 176 g/mol. The van der Waals surface area contributed by atoms with E-state index >= 15 is 0 Å². The number of hydrogen-bond acceptors (Lipinski definition) is 4. The molecule has 1 rings (SSSR count). The lowest BCUT2D eigenvalue weighted by Gasteiger charge is -2.12. The summed E-state index contributed by atoms with van der Waals surface area (Å²) in [4.78, 5) is 8.30. The Bertz CT molecular complexity index is 275. The number of aromatic nitrogens is 2. The van der Waals surface area contributed by atoms with Gasteiger partial charge in [0.2, 0.25) is 0 Å². The third-order valence-corrected chi connectivity index (χ3v) is 1.96. The summed E-state index contributed by atoms with van der Waals surface area (Å²) in [7, 11) is 1.96. The summed E-state index contributed by atoms with van der Waals surface area (Å²) < 4.78 is 0. The van der Waals surface area contributed by atoms with Crippen LogP contribution in [0.15, 0.2) is 12.3 Å². The molecule has 0 aromatic carbocycles.